The van der Waals surface area contributed by atoms with Crippen molar-refractivity contribution in [2.75, 3.05) is 0 Å². The molecule has 0 aliphatic heterocycles. The SMILES string of the molecule is CCC(=O)C(C)NC(=O)c1ccc(C(F)(F)F)cn1. The van der Waals surface area contributed by atoms with Gasteiger partial charge in [-0.25, -0.2) is 0 Å². The average Bonchev–Trinajstić information content (AvgIpc) is 2.36. The fourth-order valence-corrected chi connectivity index (χ4v) is 1.35. The molecule has 0 saturated carbocycles. The molecule has 0 fully saturated rings. The first-order chi connectivity index (χ1) is 8.75. The van der Waals surface area contributed by atoms with Crippen LogP contribution in [0.2, 0.25) is 0 Å². The fourth-order valence-electron chi connectivity index (χ4n) is 1.35. The summed E-state index contributed by atoms with van der Waals surface area (Å²) in [7, 11) is 0. The summed E-state index contributed by atoms with van der Waals surface area (Å²) in [5, 5.41) is 2.37. The zero-order valence-electron chi connectivity index (χ0n) is 10.4. The van der Waals surface area contributed by atoms with Crippen molar-refractivity contribution in [1.29, 1.82) is 0 Å². The number of aromatic nitrogens is 1. The number of alkyl halides is 3. The van der Waals surface area contributed by atoms with Crippen LogP contribution in [0.15, 0.2) is 18.3 Å². The Hall–Kier alpha value is -1.92. The lowest BCUT2D eigenvalue weighted by molar-refractivity contribution is -0.137. The van der Waals surface area contributed by atoms with E-state index < -0.39 is 23.7 Å². The van der Waals surface area contributed by atoms with E-state index in [9.17, 15) is 22.8 Å². The van der Waals surface area contributed by atoms with Crippen LogP contribution in [0.3, 0.4) is 0 Å². The van der Waals surface area contributed by atoms with E-state index in [0.717, 1.165) is 12.1 Å². The molecule has 1 rings (SSSR count). The largest absolute Gasteiger partial charge is 0.417 e. The Balaban J connectivity index is 2.76. The van der Waals surface area contributed by atoms with Gasteiger partial charge in [0.05, 0.1) is 11.6 Å². The number of pyridine rings is 1. The monoisotopic (exact) mass is 274 g/mol. The number of Topliss-reactive ketones (excluding diaryl/α,β-unsaturated/α-hetero) is 1. The molecule has 1 unspecified atom stereocenters. The third-order valence-corrected chi connectivity index (χ3v) is 2.50. The minimum Gasteiger partial charge on any atom is -0.341 e. The van der Waals surface area contributed by atoms with E-state index in [1.54, 1.807) is 6.92 Å². The Morgan fingerprint density at radius 1 is 1.37 bits per heavy atom. The molecule has 19 heavy (non-hydrogen) atoms. The minimum absolute atomic E-state index is 0.163. The summed E-state index contributed by atoms with van der Waals surface area (Å²) in [5.41, 5.74) is -1.09. The van der Waals surface area contributed by atoms with Gasteiger partial charge in [-0.05, 0) is 19.1 Å². The van der Waals surface area contributed by atoms with Gasteiger partial charge in [0, 0.05) is 12.6 Å². The van der Waals surface area contributed by atoms with Gasteiger partial charge in [-0.15, -0.1) is 0 Å². The van der Waals surface area contributed by atoms with E-state index in [0.29, 0.717) is 6.20 Å². The van der Waals surface area contributed by atoms with E-state index in [1.807, 2.05) is 0 Å². The lowest BCUT2D eigenvalue weighted by atomic mass is 10.1. The summed E-state index contributed by atoms with van der Waals surface area (Å²) in [4.78, 5) is 26.3. The quantitative estimate of drug-likeness (QED) is 0.915. The molecule has 4 nitrogen and oxygen atoms in total. The topological polar surface area (TPSA) is 59.1 Å². The van der Waals surface area contributed by atoms with E-state index in [1.165, 1.54) is 6.92 Å². The van der Waals surface area contributed by atoms with Gasteiger partial charge in [-0.1, -0.05) is 6.92 Å². The van der Waals surface area contributed by atoms with Crippen LogP contribution < -0.4 is 5.32 Å². The number of nitrogens with one attached hydrogen (secondary N) is 1. The van der Waals surface area contributed by atoms with Crippen LogP contribution in [0.5, 0.6) is 0 Å². The second-order valence-electron chi connectivity index (χ2n) is 3.94. The van der Waals surface area contributed by atoms with Crippen molar-refractivity contribution in [3.8, 4) is 0 Å². The van der Waals surface area contributed by atoms with Gasteiger partial charge in [0.1, 0.15) is 5.69 Å². The number of hydrogen-bond acceptors (Lipinski definition) is 3. The molecule has 0 radical (unpaired) electrons. The third-order valence-electron chi connectivity index (χ3n) is 2.50. The van der Waals surface area contributed by atoms with Crippen molar-refractivity contribution in [1.82, 2.24) is 10.3 Å². The smallest absolute Gasteiger partial charge is 0.341 e. The predicted octanol–water partition coefficient (Wildman–Crippen LogP) is 2.20. The summed E-state index contributed by atoms with van der Waals surface area (Å²) >= 11 is 0. The van der Waals surface area contributed by atoms with E-state index in [-0.39, 0.29) is 17.9 Å². The first-order valence-corrected chi connectivity index (χ1v) is 5.62. The first-order valence-electron chi connectivity index (χ1n) is 5.62. The molecular formula is C12H13F3N2O2. The molecule has 1 aromatic rings. The maximum absolute atomic E-state index is 12.3. The fraction of sp³-hybridized carbons (Fsp3) is 0.417. The zero-order valence-corrected chi connectivity index (χ0v) is 10.4. The molecule has 7 heteroatoms. The standard InChI is InChI=1S/C12H13F3N2O2/c1-3-10(18)7(2)17-11(19)9-5-4-8(6-16-9)12(13,14)15/h4-7H,3H2,1-2H3,(H,17,19). The van der Waals surface area contributed by atoms with Gasteiger partial charge in [-0.2, -0.15) is 13.2 Å². The van der Waals surface area contributed by atoms with Crippen LogP contribution in [0.1, 0.15) is 36.3 Å². The average molecular weight is 274 g/mol. The van der Waals surface area contributed by atoms with Crippen LogP contribution >= 0.6 is 0 Å². The van der Waals surface area contributed by atoms with Gasteiger partial charge in [0.25, 0.3) is 5.91 Å². The molecule has 1 atom stereocenters. The summed E-state index contributed by atoms with van der Waals surface area (Å²) in [5.74, 6) is -0.844. The van der Waals surface area contributed by atoms with Crippen molar-refractivity contribution in [2.45, 2.75) is 32.5 Å². The molecule has 1 heterocycles. The zero-order chi connectivity index (χ0) is 14.6. The molecule has 1 N–H and O–H groups in total. The van der Waals surface area contributed by atoms with Crippen molar-refractivity contribution in [2.24, 2.45) is 0 Å². The van der Waals surface area contributed by atoms with Gasteiger partial charge >= 0.3 is 6.18 Å². The van der Waals surface area contributed by atoms with Gasteiger partial charge in [0.2, 0.25) is 0 Å². The summed E-state index contributed by atoms with van der Waals surface area (Å²) in [6.45, 7) is 3.16. The maximum Gasteiger partial charge on any atom is 0.417 e. The Bertz CT molecular complexity index is 469. The van der Waals surface area contributed by atoms with Crippen LogP contribution in [0, 0.1) is 0 Å². The van der Waals surface area contributed by atoms with Gasteiger partial charge in [0.15, 0.2) is 5.78 Å². The number of hydrogen-bond donors (Lipinski definition) is 1. The van der Waals surface area contributed by atoms with Crippen molar-refractivity contribution in [3.05, 3.63) is 29.6 Å². The molecule has 0 bridgehead atoms. The van der Waals surface area contributed by atoms with Crippen molar-refractivity contribution in [3.63, 3.8) is 0 Å². The molecular weight excluding hydrogens is 261 g/mol. The number of ketones is 1. The Labute approximate surface area is 108 Å². The molecule has 0 saturated heterocycles. The van der Waals surface area contributed by atoms with Gasteiger partial charge in [-0.3, -0.25) is 14.6 Å². The number of amides is 1. The highest BCUT2D eigenvalue weighted by atomic mass is 19.4. The Morgan fingerprint density at radius 2 is 2.00 bits per heavy atom. The second kappa shape index (κ2) is 5.81. The number of halogens is 3. The van der Waals surface area contributed by atoms with E-state index >= 15 is 0 Å². The van der Waals surface area contributed by atoms with E-state index in [2.05, 4.69) is 10.3 Å². The summed E-state index contributed by atoms with van der Waals surface area (Å²) in [6, 6.07) is 1.05. The number of carbonyl (C=O) groups excluding carboxylic acids is 2. The maximum atomic E-state index is 12.3. The van der Waals surface area contributed by atoms with Crippen molar-refractivity contribution < 1.29 is 22.8 Å². The molecule has 0 aromatic carbocycles. The minimum atomic E-state index is -4.49. The van der Waals surface area contributed by atoms with Crippen LogP contribution in [-0.2, 0) is 11.0 Å². The third kappa shape index (κ3) is 4.04. The highest BCUT2D eigenvalue weighted by Gasteiger charge is 2.31. The summed E-state index contributed by atoms with van der Waals surface area (Å²) < 4.78 is 36.9. The lowest BCUT2D eigenvalue weighted by Crippen LogP contribution is -2.38. The van der Waals surface area contributed by atoms with Gasteiger partial charge < -0.3 is 5.32 Å². The Kier molecular flexibility index (Phi) is 4.63. The molecule has 0 aliphatic rings. The molecule has 104 valence electrons. The second-order valence-corrected chi connectivity index (χ2v) is 3.94. The highest BCUT2D eigenvalue weighted by Crippen LogP contribution is 2.28. The molecule has 1 aromatic heterocycles. The number of nitrogens with zero attached hydrogens (tertiary/aromatic N) is 1. The number of rotatable bonds is 4. The molecule has 1 amide bonds. The predicted molar refractivity (Wildman–Crippen MR) is 61.5 cm³/mol. The lowest BCUT2D eigenvalue weighted by Gasteiger charge is -2.12. The molecule has 0 spiro atoms. The summed E-state index contributed by atoms with van der Waals surface area (Å²) in [6.07, 6.45) is -3.64. The molecule has 0 aliphatic carbocycles. The normalized spacial score (nSPS) is 12.9. The van der Waals surface area contributed by atoms with Crippen LogP contribution in [-0.4, -0.2) is 22.7 Å². The Morgan fingerprint density at radius 3 is 2.42 bits per heavy atom. The van der Waals surface area contributed by atoms with Crippen LogP contribution in [0.25, 0.3) is 0 Å². The first kappa shape index (κ1) is 15.1. The number of carbonyl (C=O) groups is 2. The van der Waals surface area contributed by atoms with Crippen molar-refractivity contribution >= 4 is 11.7 Å². The highest BCUT2D eigenvalue weighted by molar-refractivity contribution is 5.96. The van der Waals surface area contributed by atoms with Crippen LogP contribution in [0.4, 0.5) is 13.2 Å². The van der Waals surface area contributed by atoms with E-state index in [4.69, 9.17) is 0 Å².